The third kappa shape index (κ3) is 3.09. The lowest BCUT2D eigenvalue weighted by molar-refractivity contribution is -0.136. The number of carbonyl (C=O) groups excluding carboxylic acids is 2. The molecule has 0 aliphatic carbocycles. The van der Waals surface area contributed by atoms with Gasteiger partial charge in [0.2, 0.25) is 0 Å². The number of imide groups is 1. The number of hydrogen-bond acceptors (Lipinski definition) is 4. The van der Waals surface area contributed by atoms with Gasteiger partial charge in [0.05, 0.1) is 12.7 Å². The van der Waals surface area contributed by atoms with Crippen LogP contribution in [0.4, 0.5) is 10.1 Å². The van der Waals surface area contributed by atoms with Gasteiger partial charge in [-0.2, -0.15) is 0 Å². The molecule has 26 heavy (non-hydrogen) atoms. The Bertz CT molecular complexity index is 921. The van der Waals surface area contributed by atoms with E-state index in [2.05, 4.69) is 11.9 Å². The molecule has 1 N–H and O–H groups in total. The van der Waals surface area contributed by atoms with Crippen molar-refractivity contribution in [2.75, 3.05) is 19.0 Å². The van der Waals surface area contributed by atoms with Crippen LogP contribution in [0.15, 0.2) is 66.9 Å². The van der Waals surface area contributed by atoms with Crippen LogP contribution in [-0.4, -0.2) is 30.4 Å². The summed E-state index contributed by atoms with van der Waals surface area (Å²) in [7, 11) is 1.49. The van der Waals surface area contributed by atoms with Crippen LogP contribution in [0.5, 0.6) is 5.75 Å². The minimum atomic E-state index is -0.500. The largest absolute Gasteiger partial charge is 0.496 e. The van der Waals surface area contributed by atoms with Gasteiger partial charge in [0, 0.05) is 17.8 Å². The van der Waals surface area contributed by atoms with Crippen LogP contribution in [0, 0.1) is 5.82 Å². The lowest BCUT2D eigenvalue weighted by atomic mass is 10.0. The van der Waals surface area contributed by atoms with Gasteiger partial charge in [-0.25, -0.2) is 4.39 Å². The maximum absolute atomic E-state index is 13.5. The summed E-state index contributed by atoms with van der Waals surface area (Å²) in [6.07, 6.45) is 1.47. The molecule has 132 valence electrons. The summed E-state index contributed by atoms with van der Waals surface area (Å²) in [6, 6.07) is 12.6. The molecule has 0 unspecified atom stereocenters. The van der Waals surface area contributed by atoms with E-state index in [1.807, 2.05) is 0 Å². The lowest BCUT2D eigenvalue weighted by Gasteiger charge is -2.12. The van der Waals surface area contributed by atoms with Crippen molar-refractivity contribution >= 4 is 23.1 Å². The summed E-state index contributed by atoms with van der Waals surface area (Å²) in [5, 5.41) is 2.89. The first-order valence-electron chi connectivity index (χ1n) is 7.94. The number of methoxy groups -OCH3 is 1. The predicted octanol–water partition coefficient (Wildman–Crippen LogP) is 3.21. The third-order valence-electron chi connectivity index (χ3n) is 3.95. The quantitative estimate of drug-likeness (QED) is 0.641. The topological polar surface area (TPSA) is 58.6 Å². The van der Waals surface area contributed by atoms with Crippen molar-refractivity contribution < 1.29 is 18.7 Å². The van der Waals surface area contributed by atoms with Gasteiger partial charge < -0.3 is 10.1 Å². The molecule has 1 aliphatic heterocycles. The molecule has 1 heterocycles. The Morgan fingerprint density at radius 1 is 1.15 bits per heavy atom. The van der Waals surface area contributed by atoms with Crippen molar-refractivity contribution in [1.29, 1.82) is 0 Å². The average molecular weight is 352 g/mol. The number of nitrogens with zero attached hydrogens (tertiary/aromatic N) is 1. The van der Waals surface area contributed by atoms with E-state index in [-0.39, 0.29) is 17.8 Å². The van der Waals surface area contributed by atoms with Gasteiger partial charge in [-0.1, -0.05) is 30.3 Å². The fraction of sp³-hybridized carbons (Fsp3) is 0.100. The molecule has 1 aliphatic rings. The number of carbonyl (C=O) groups is 2. The predicted molar refractivity (Wildman–Crippen MR) is 96.9 cm³/mol. The lowest BCUT2D eigenvalue weighted by Crippen LogP contribution is -2.32. The van der Waals surface area contributed by atoms with Crippen molar-refractivity contribution in [2.24, 2.45) is 0 Å². The second-order valence-corrected chi connectivity index (χ2v) is 5.60. The van der Waals surface area contributed by atoms with E-state index in [0.29, 0.717) is 17.0 Å². The number of benzene rings is 2. The van der Waals surface area contributed by atoms with Crippen LogP contribution >= 0.6 is 0 Å². The Morgan fingerprint density at radius 2 is 1.92 bits per heavy atom. The van der Waals surface area contributed by atoms with Crippen LogP contribution in [0.3, 0.4) is 0 Å². The van der Waals surface area contributed by atoms with E-state index in [1.165, 1.54) is 31.4 Å². The van der Waals surface area contributed by atoms with Crippen LogP contribution in [0.25, 0.3) is 5.57 Å². The highest BCUT2D eigenvalue weighted by Gasteiger charge is 2.39. The molecule has 0 aromatic heterocycles. The first-order chi connectivity index (χ1) is 12.6. The zero-order chi connectivity index (χ0) is 18.7. The van der Waals surface area contributed by atoms with Crippen LogP contribution in [-0.2, 0) is 9.59 Å². The SMILES string of the molecule is C=CCN1C(=O)C(Nc2cccc(F)c2)=C(c2ccccc2OC)C1=O. The zero-order valence-corrected chi connectivity index (χ0v) is 14.2. The van der Waals surface area contributed by atoms with E-state index in [1.54, 1.807) is 30.3 Å². The van der Waals surface area contributed by atoms with Crippen molar-refractivity contribution in [3.8, 4) is 5.75 Å². The molecule has 0 saturated heterocycles. The van der Waals surface area contributed by atoms with E-state index in [9.17, 15) is 14.0 Å². The van der Waals surface area contributed by atoms with E-state index in [4.69, 9.17) is 4.74 Å². The van der Waals surface area contributed by atoms with E-state index >= 15 is 0 Å². The normalized spacial score (nSPS) is 14.0. The van der Waals surface area contributed by atoms with Gasteiger partial charge in [0.25, 0.3) is 11.8 Å². The summed E-state index contributed by atoms with van der Waals surface area (Å²) in [4.78, 5) is 26.7. The minimum absolute atomic E-state index is 0.0741. The average Bonchev–Trinajstić information content (AvgIpc) is 2.86. The molecule has 2 amide bonds. The zero-order valence-electron chi connectivity index (χ0n) is 14.2. The second kappa shape index (κ2) is 7.23. The monoisotopic (exact) mass is 352 g/mol. The van der Waals surface area contributed by atoms with Crippen LogP contribution in [0.1, 0.15) is 5.56 Å². The smallest absolute Gasteiger partial charge is 0.278 e. The molecule has 2 aromatic carbocycles. The molecule has 0 fully saturated rings. The second-order valence-electron chi connectivity index (χ2n) is 5.60. The maximum atomic E-state index is 13.5. The number of para-hydroxylation sites is 1. The van der Waals surface area contributed by atoms with Crippen LogP contribution < -0.4 is 10.1 Å². The number of halogens is 1. The van der Waals surface area contributed by atoms with Crippen molar-refractivity contribution in [3.63, 3.8) is 0 Å². The Morgan fingerprint density at radius 3 is 2.62 bits per heavy atom. The number of ether oxygens (including phenoxy) is 1. The van der Waals surface area contributed by atoms with Gasteiger partial charge >= 0.3 is 0 Å². The van der Waals surface area contributed by atoms with E-state index in [0.717, 1.165) is 4.90 Å². The van der Waals surface area contributed by atoms with Gasteiger partial charge in [-0.05, 0) is 24.3 Å². The van der Waals surface area contributed by atoms with Gasteiger partial charge in [0.15, 0.2) is 0 Å². The highest BCUT2D eigenvalue weighted by atomic mass is 19.1. The number of rotatable bonds is 6. The van der Waals surface area contributed by atoms with Crippen molar-refractivity contribution in [3.05, 3.63) is 78.3 Å². The van der Waals surface area contributed by atoms with Crippen LogP contribution in [0.2, 0.25) is 0 Å². The molecule has 0 spiro atoms. The molecular formula is C20H17FN2O3. The molecular weight excluding hydrogens is 335 g/mol. The Balaban J connectivity index is 2.14. The molecule has 0 radical (unpaired) electrons. The fourth-order valence-corrected chi connectivity index (χ4v) is 2.80. The summed E-state index contributed by atoms with van der Waals surface area (Å²) >= 11 is 0. The first kappa shape index (κ1) is 17.4. The van der Waals surface area contributed by atoms with Crippen molar-refractivity contribution in [1.82, 2.24) is 4.90 Å². The molecule has 0 atom stereocenters. The minimum Gasteiger partial charge on any atom is -0.496 e. The Kier molecular flexibility index (Phi) is 4.84. The molecule has 0 saturated carbocycles. The Labute approximate surface area is 150 Å². The molecule has 2 aromatic rings. The van der Waals surface area contributed by atoms with Gasteiger partial charge in [-0.15, -0.1) is 6.58 Å². The van der Waals surface area contributed by atoms with Gasteiger partial charge in [0.1, 0.15) is 17.3 Å². The summed E-state index contributed by atoms with van der Waals surface area (Å²) in [6.45, 7) is 3.66. The molecule has 6 heteroatoms. The highest BCUT2D eigenvalue weighted by molar-refractivity contribution is 6.37. The number of nitrogens with one attached hydrogen (secondary N) is 1. The fourth-order valence-electron chi connectivity index (χ4n) is 2.80. The molecule has 5 nitrogen and oxygen atoms in total. The maximum Gasteiger partial charge on any atom is 0.278 e. The molecule has 3 rings (SSSR count). The highest BCUT2D eigenvalue weighted by Crippen LogP contribution is 2.35. The summed E-state index contributed by atoms with van der Waals surface area (Å²) in [5.74, 6) is -0.949. The Hall–Kier alpha value is -3.41. The number of amides is 2. The summed E-state index contributed by atoms with van der Waals surface area (Å²) in [5.41, 5.74) is 1.11. The van der Waals surface area contributed by atoms with Gasteiger partial charge in [-0.3, -0.25) is 14.5 Å². The summed E-state index contributed by atoms with van der Waals surface area (Å²) < 4.78 is 18.8. The first-order valence-corrected chi connectivity index (χ1v) is 7.94. The third-order valence-corrected chi connectivity index (χ3v) is 3.95. The molecule has 0 bridgehead atoms. The van der Waals surface area contributed by atoms with Crippen molar-refractivity contribution in [2.45, 2.75) is 0 Å². The number of anilines is 1. The van der Waals surface area contributed by atoms with E-state index < -0.39 is 17.6 Å². The number of hydrogen-bond donors (Lipinski definition) is 1. The standard InChI is InChI=1S/C20H17FN2O3/c1-3-11-23-19(24)17(15-9-4-5-10-16(15)26-2)18(20(23)25)22-14-8-6-7-13(21)12-14/h3-10,12,22H,1,11H2,2H3.